The molecule has 0 aliphatic rings. The molecule has 1 nitrogen and oxygen atoms in total. The molecule has 0 saturated heterocycles. The average Bonchev–Trinajstić information content (AvgIpc) is 2.24. The molecule has 0 aromatic heterocycles. The van der Waals surface area contributed by atoms with Gasteiger partial charge >= 0.3 is 0 Å². The van der Waals surface area contributed by atoms with Crippen molar-refractivity contribution in [1.29, 1.82) is 0 Å². The second-order valence-corrected chi connectivity index (χ2v) is 3.04. The van der Waals surface area contributed by atoms with Crippen molar-refractivity contribution in [3.63, 3.8) is 0 Å². The number of benzene rings is 2. The minimum Gasteiger partial charge on any atom is -0.353 e. The Balaban J connectivity index is 2.25. The summed E-state index contributed by atoms with van der Waals surface area (Å²) < 4.78 is 25.8. The maximum absolute atomic E-state index is 13.2. The number of rotatable bonds is 2. The maximum atomic E-state index is 13.2. The topological polar surface area (TPSA) is 12.0 Å². The summed E-state index contributed by atoms with van der Waals surface area (Å²) in [6, 6.07) is 13.2. The molecule has 1 radical (unpaired) electrons. The molecular weight excluding hydrogens is 196 g/mol. The van der Waals surface area contributed by atoms with Crippen LogP contribution in [0.25, 0.3) is 0 Å². The highest BCUT2D eigenvalue weighted by molar-refractivity contribution is 5.59. The number of nitrogens with one attached hydrogen (secondary N) is 1. The van der Waals surface area contributed by atoms with Gasteiger partial charge in [-0.05, 0) is 30.3 Å². The van der Waals surface area contributed by atoms with E-state index < -0.39 is 11.6 Å². The van der Waals surface area contributed by atoms with E-state index in [9.17, 15) is 8.78 Å². The van der Waals surface area contributed by atoms with Gasteiger partial charge in [0.15, 0.2) is 0 Å². The summed E-state index contributed by atoms with van der Waals surface area (Å²) in [5.74, 6) is -1.20. The normalized spacial score (nSPS) is 10.0. The van der Waals surface area contributed by atoms with Gasteiger partial charge in [-0.3, -0.25) is 0 Å². The summed E-state index contributed by atoms with van der Waals surface area (Å²) in [4.78, 5) is 0. The van der Waals surface area contributed by atoms with Crippen LogP contribution in [0.3, 0.4) is 0 Å². The number of halogens is 2. The first-order chi connectivity index (χ1) is 7.25. The van der Waals surface area contributed by atoms with Gasteiger partial charge in [-0.2, -0.15) is 0 Å². The molecule has 0 spiro atoms. The fourth-order valence-corrected chi connectivity index (χ4v) is 1.22. The third kappa shape index (κ3) is 2.31. The third-order valence-electron chi connectivity index (χ3n) is 1.92. The van der Waals surface area contributed by atoms with Crippen molar-refractivity contribution >= 4 is 11.4 Å². The Bertz CT molecular complexity index is 454. The van der Waals surface area contributed by atoms with Crippen molar-refractivity contribution in [1.82, 2.24) is 0 Å². The Kier molecular flexibility index (Phi) is 2.63. The van der Waals surface area contributed by atoms with Crippen molar-refractivity contribution in [3.05, 3.63) is 60.2 Å². The molecular formula is C12H8F2N. The van der Waals surface area contributed by atoms with Crippen LogP contribution in [0, 0.1) is 17.7 Å². The van der Waals surface area contributed by atoms with Gasteiger partial charge < -0.3 is 5.32 Å². The largest absolute Gasteiger partial charge is 0.353 e. The first-order valence-electron chi connectivity index (χ1n) is 4.44. The highest BCUT2D eigenvalue weighted by Crippen LogP contribution is 2.19. The summed E-state index contributed by atoms with van der Waals surface area (Å²) in [5.41, 5.74) is 0.957. The Labute approximate surface area is 86.4 Å². The van der Waals surface area contributed by atoms with Gasteiger partial charge in [-0.1, -0.05) is 12.1 Å². The molecule has 1 N–H and O–H groups in total. The Morgan fingerprint density at radius 2 is 2.00 bits per heavy atom. The highest BCUT2D eigenvalue weighted by Gasteiger charge is 2.02. The summed E-state index contributed by atoms with van der Waals surface area (Å²) >= 11 is 0. The van der Waals surface area contributed by atoms with Crippen molar-refractivity contribution in [2.75, 3.05) is 5.32 Å². The Hall–Kier alpha value is -1.90. The first-order valence-corrected chi connectivity index (χ1v) is 4.44. The van der Waals surface area contributed by atoms with E-state index in [2.05, 4.69) is 11.4 Å². The average molecular weight is 204 g/mol. The van der Waals surface area contributed by atoms with E-state index in [1.807, 2.05) is 0 Å². The van der Waals surface area contributed by atoms with Crippen LogP contribution in [-0.4, -0.2) is 0 Å². The van der Waals surface area contributed by atoms with Gasteiger partial charge in [0.2, 0.25) is 0 Å². The quantitative estimate of drug-likeness (QED) is 0.789. The molecule has 0 aliphatic carbocycles. The lowest BCUT2D eigenvalue weighted by atomic mass is 10.2. The molecule has 0 amide bonds. The fourth-order valence-electron chi connectivity index (χ4n) is 1.22. The van der Waals surface area contributed by atoms with Gasteiger partial charge in [-0.15, -0.1) is 0 Å². The van der Waals surface area contributed by atoms with Crippen molar-refractivity contribution in [3.8, 4) is 0 Å². The van der Waals surface area contributed by atoms with Crippen LogP contribution in [0.5, 0.6) is 0 Å². The van der Waals surface area contributed by atoms with Crippen molar-refractivity contribution in [2.45, 2.75) is 0 Å². The van der Waals surface area contributed by atoms with Crippen molar-refractivity contribution < 1.29 is 8.78 Å². The molecule has 0 saturated carbocycles. The predicted molar refractivity (Wildman–Crippen MR) is 54.9 cm³/mol. The molecule has 0 aliphatic heterocycles. The van der Waals surface area contributed by atoms with Crippen LogP contribution < -0.4 is 5.32 Å². The molecule has 0 atom stereocenters. The number of hydrogen-bond acceptors (Lipinski definition) is 1. The van der Waals surface area contributed by atoms with Gasteiger partial charge in [0, 0.05) is 11.8 Å². The van der Waals surface area contributed by atoms with E-state index in [1.54, 1.807) is 24.3 Å². The summed E-state index contributed by atoms with van der Waals surface area (Å²) in [6.07, 6.45) is 0. The van der Waals surface area contributed by atoms with Crippen molar-refractivity contribution in [2.24, 2.45) is 0 Å². The summed E-state index contributed by atoms with van der Waals surface area (Å²) in [7, 11) is 0. The van der Waals surface area contributed by atoms with Gasteiger partial charge in [-0.25, -0.2) is 8.78 Å². The summed E-state index contributed by atoms with van der Waals surface area (Å²) in [6.45, 7) is 0. The maximum Gasteiger partial charge on any atom is 0.149 e. The zero-order valence-corrected chi connectivity index (χ0v) is 7.80. The van der Waals surface area contributed by atoms with E-state index >= 15 is 0 Å². The second kappa shape index (κ2) is 4.09. The van der Waals surface area contributed by atoms with Crippen LogP contribution >= 0.6 is 0 Å². The van der Waals surface area contributed by atoms with Crippen LogP contribution in [0.2, 0.25) is 0 Å². The van der Waals surface area contributed by atoms with Crippen LogP contribution in [0.15, 0.2) is 42.5 Å². The van der Waals surface area contributed by atoms with Crippen LogP contribution in [-0.2, 0) is 0 Å². The zero-order valence-electron chi connectivity index (χ0n) is 7.80. The zero-order chi connectivity index (χ0) is 10.7. The lowest BCUT2D eigenvalue weighted by molar-refractivity contribution is 0.586. The standard InChI is InChI=1S/C12H8F2N/c13-9-6-7-12(11(14)8-9)15-10-4-2-1-3-5-10/h1-2,4-8,15H. The minimum absolute atomic E-state index is 0.246. The minimum atomic E-state index is -0.612. The Morgan fingerprint density at radius 3 is 2.67 bits per heavy atom. The highest BCUT2D eigenvalue weighted by atomic mass is 19.1. The smallest absolute Gasteiger partial charge is 0.149 e. The molecule has 0 fully saturated rings. The molecule has 75 valence electrons. The first kappa shape index (κ1) is 9.65. The van der Waals surface area contributed by atoms with Gasteiger partial charge in [0.1, 0.15) is 11.6 Å². The lowest BCUT2D eigenvalue weighted by Gasteiger charge is -2.06. The molecule has 2 aromatic carbocycles. The Morgan fingerprint density at radius 1 is 1.13 bits per heavy atom. The molecule has 2 rings (SSSR count). The number of hydrogen-bond donors (Lipinski definition) is 1. The van der Waals surface area contributed by atoms with E-state index in [1.165, 1.54) is 12.1 Å². The van der Waals surface area contributed by atoms with E-state index in [0.717, 1.165) is 6.07 Å². The van der Waals surface area contributed by atoms with Crippen LogP contribution in [0.4, 0.5) is 20.2 Å². The van der Waals surface area contributed by atoms with Gasteiger partial charge in [0.25, 0.3) is 0 Å². The monoisotopic (exact) mass is 204 g/mol. The number of anilines is 2. The molecule has 3 heteroatoms. The summed E-state index contributed by atoms with van der Waals surface area (Å²) in [5, 5.41) is 2.83. The van der Waals surface area contributed by atoms with Gasteiger partial charge in [0.05, 0.1) is 5.69 Å². The SMILES string of the molecule is Fc1ccc(Nc2c[c]ccc2)c(F)c1. The molecule has 0 unspecified atom stereocenters. The fraction of sp³-hybridized carbons (Fsp3) is 0. The molecule has 0 bridgehead atoms. The molecule has 2 aromatic rings. The van der Waals surface area contributed by atoms with E-state index in [4.69, 9.17) is 0 Å². The van der Waals surface area contributed by atoms with E-state index in [0.29, 0.717) is 5.69 Å². The van der Waals surface area contributed by atoms with Crippen LogP contribution in [0.1, 0.15) is 0 Å². The molecule has 15 heavy (non-hydrogen) atoms. The lowest BCUT2D eigenvalue weighted by Crippen LogP contribution is -1.93. The predicted octanol–water partition coefficient (Wildman–Crippen LogP) is 3.51. The van der Waals surface area contributed by atoms with E-state index in [-0.39, 0.29) is 5.69 Å². The third-order valence-corrected chi connectivity index (χ3v) is 1.92. The molecule has 0 heterocycles. The second-order valence-electron chi connectivity index (χ2n) is 3.04.